The monoisotopic (exact) mass is 157 g/mol. The first-order valence-electron chi connectivity index (χ1n) is 4.08. The van der Waals surface area contributed by atoms with E-state index in [0.29, 0.717) is 5.92 Å². The molecule has 0 spiro atoms. The summed E-state index contributed by atoms with van der Waals surface area (Å²) >= 11 is 0. The van der Waals surface area contributed by atoms with Gasteiger partial charge >= 0.3 is 5.97 Å². The van der Waals surface area contributed by atoms with Crippen molar-refractivity contribution in [2.24, 2.45) is 17.6 Å². The van der Waals surface area contributed by atoms with Crippen LogP contribution >= 0.6 is 0 Å². The predicted octanol–water partition coefficient (Wildman–Crippen LogP) is 0.834. The summed E-state index contributed by atoms with van der Waals surface area (Å²) in [5, 5.41) is 8.55. The van der Waals surface area contributed by atoms with Crippen molar-refractivity contribution < 1.29 is 9.90 Å². The van der Waals surface area contributed by atoms with Crippen LogP contribution in [0.4, 0.5) is 0 Å². The second-order valence-electron chi connectivity index (χ2n) is 3.46. The summed E-state index contributed by atoms with van der Waals surface area (Å²) < 4.78 is 0. The highest BCUT2D eigenvalue weighted by atomic mass is 16.4. The first kappa shape index (κ1) is 8.53. The van der Waals surface area contributed by atoms with Gasteiger partial charge in [0.2, 0.25) is 0 Å². The maximum Gasteiger partial charge on any atom is 0.303 e. The zero-order valence-corrected chi connectivity index (χ0v) is 6.79. The van der Waals surface area contributed by atoms with Crippen LogP contribution in [0.1, 0.15) is 26.2 Å². The van der Waals surface area contributed by atoms with Crippen molar-refractivity contribution in [3.05, 3.63) is 0 Å². The molecule has 0 aromatic carbocycles. The number of carboxylic acids is 1. The van der Waals surface area contributed by atoms with Gasteiger partial charge in [-0.2, -0.15) is 0 Å². The summed E-state index contributed by atoms with van der Waals surface area (Å²) in [6, 6.07) is 0.0265. The molecule has 1 aliphatic carbocycles. The normalized spacial score (nSPS) is 22.7. The Morgan fingerprint density at radius 2 is 2.27 bits per heavy atom. The van der Waals surface area contributed by atoms with E-state index in [4.69, 9.17) is 10.8 Å². The average molecular weight is 157 g/mol. The molecule has 0 bridgehead atoms. The van der Waals surface area contributed by atoms with Crippen molar-refractivity contribution in [1.82, 2.24) is 0 Å². The molecule has 64 valence electrons. The molecule has 0 aliphatic heterocycles. The Morgan fingerprint density at radius 1 is 1.73 bits per heavy atom. The van der Waals surface area contributed by atoms with Crippen LogP contribution in [-0.2, 0) is 4.79 Å². The Kier molecular flexibility index (Phi) is 2.49. The van der Waals surface area contributed by atoms with E-state index in [1.807, 2.05) is 6.92 Å². The quantitative estimate of drug-likeness (QED) is 0.635. The molecule has 0 saturated heterocycles. The lowest BCUT2D eigenvalue weighted by atomic mass is 9.93. The first-order chi connectivity index (χ1) is 5.11. The molecule has 0 amide bonds. The van der Waals surface area contributed by atoms with E-state index in [1.165, 1.54) is 12.8 Å². The Labute approximate surface area is 66.6 Å². The SMILES string of the molecule is CC(N)C(CC(=O)O)C1CC1. The van der Waals surface area contributed by atoms with Crippen molar-refractivity contribution in [1.29, 1.82) is 0 Å². The van der Waals surface area contributed by atoms with Crippen LogP contribution in [-0.4, -0.2) is 17.1 Å². The van der Waals surface area contributed by atoms with Gasteiger partial charge in [-0.05, 0) is 31.6 Å². The molecule has 11 heavy (non-hydrogen) atoms. The lowest BCUT2D eigenvalue weighted by molar-refractivity contribution is -0.138. The molecule has 0 aromatic rings. The number of hydrogen-bond acceptors (Lipinski definition) is 2. The van der Waals surface area contributed by atoms with Gasteiger partial charge in [-0.15, -0.1) is 0 Å². The van der Waals surface area contributed by atoms with Crippen LogP contribution in [0.25, 0.3) is 0 Å². The molecule has 0 aromatic heterocycles. The largest absolute Gasteiger partial charge is 0.481 e. The van der Waals surface area contributed by atoms with Crippen molar-refractivity contribution >= 4 is 5.97 Å². The summed E-state index contributed by atoms with van der Waals surface area (Å²) in [7, 11) is 0. The van der Waals surface area contributed by atoms with Crippen molar-refractivity contribution in [2.75, 3.05) is 0 Å². The zero-order chi connectivity index (χ0) is 8.43. The summed E-state index contributed by atoms with van der Waals surface area (Å²) in [6.07, 6.45) is 2.57. The van der Waals surface area contributed by atoms with E-state index in [2.05, 4.69) is 0 Å². The Bertz CT molecular complexity index is 150. The number of aliphatic carboxylic acids is 1. The van der Waals surface area contributed by atoms with Crippen LogP contribution in [0.3, 0.4) is 0 Å². The van der Waals surface area contributed by atoms with E-state index in [9.17, 15) is 4.79 Å². The third-order valence-electron chi connectivity index (χ3n) is 2.31. The minimum absolute atomic E-state index is 0.0265. The molecular formula is C8H15NO2. The van der Waals surface area contributed by atoms with E-state index in [-0.39, 0.29) is 18.4 Å². The molecule has 2 unspecified atom stereocenters. The molecule has 0 radical (unpaired) electrons. The van der Waals surface area contributed by atoms with Gasteiger partial charge in [0.15, 0.2) is 0 Å². The molecule has 1 fully saturated rings. The highest BCUT2D eigenvalue weighted by Crippen LogP contribution is 2.39. The lowest BCUT2D eigenvalue weighted by Crippen LogP contribution is -2.30. The third-order valence-corrected chi connectivity index (χ3v) is 2.31. The molecule has 0 heterocycles. The standard InChI is InChI=1S/C8H15NO2/c1-5(9)7(4-8(10)11)6-2-3-6/h5-7H,2-4,9H2,1H3,(H,10,11). The van der Waals surface area contributed by atoms with Gasteiger partial charge in [0.25, 0.3) is 0 Å². The Morgan fingerprint density at radius 3 is 2.55 bits per heavy atom. The van der Waals surface area contributed by atoms with Crippen molar-refractivity contribution in [2.45, 2.75) is 32.2 Å². The number of hydrogen-bond donors (Lipinski definition) is 2. The maximum absolute atomic E-state index is 10.4. The summed E-state index contributed by atoms with van der Waals surface area (Å²) in [5.74, 6) is 0.0674. The van der Waals surface area contributed by atoms with Gasteiger partial charge in [-0.25, -0.2) is 0 Å². The number of carbonyl (C=O) groups is 1. The third kappa shape index (κ3) is 2.50. The molecule has 2 atom stereocenters. The van der Waals surface area contributed by atoms with Gasteiger partial charge in [-0.1, -0.05) is 0 Å². The highest BCUT2D eigenvalue weighted by molar-refractivity contribution is 5.67. The zero-order valence-electron chi connectivity index (χ0n) is 6.79. The van der Waals surface area contributed by atoms with Gasteiger partial charge < -0.3 is 10.8 Å². The number of rotatable bonds is 4. The maximum atomic E-state index is 10.4. The van der Waals surface area contributed by atoms with Gasteiger partial charge in [0.1, 0.15) is 0 Å². The molecule has 3 nitrogen and oxygen atoms in total. The first-order valence-corrected chi connectivity index (χ1v) is 4.08. The van der Waals surface area contributed by atoms with Crippen molar-refractivity contribution in [3.8, 4) is 0 Å². The topological polar surface area (TPSA) is 63.3 Å². The number of carboxylic acid groups (broad SMARTS) is 1. The second kappa shape index (κ2) is 3.22. The lowest BCUT2D eigenvalue weighted by Gasteiger charge is -2.17. The minimum atomic E-state index is -0.723. The van der Waals surface area contributed by atoms with E-state index < -0.39 is 5.97 Å². The van der Waals surface area contributed by atoms with Crippen LogP contribution in [0.15, 0.2) is 0 Å². The van der Waals surface area contributed by atoms with Crippen LogP contribution < -0.4 is 5.73 Å². The van der Waals surface area contributed by atoms with E-state index in [1.54, 1.807) is 0 Å². The summed E-state index contributed by atoms with van der Waals surface area (Å²) in [4.78, 5) is 10.4. The van der Waals surface area contributed by atoms with E-state index in [0.717, 1.165) is 0 Å². The van der Waals surface area contributed by atoms with Crippen molar-refractivity contribution in [3.63, 3.8) is 0 Å². The molecule has 1 saturated carbocycles. The van der Waals surface area contributed by atoms with Crippen LogP contribution in [0, 0.1) is 11.8 Å². The highest BCUT2D eigenvalue weighted by Gasteiger charge is 2.34. The Hall–Kier alpha value is -0.570. The summed E-state index contributed by atoms with van der Waals surface area (Å²) in [5.41, 5.74) is 5.66. The fourth-order valence-electron chi connectivity index (χ4n) is 1.51. The van der Waals surface area contributed by atoms with Gasteiger partial charge in [-0.3, -0.25) is 4.79 Å². The van der Waals surface area contributed by atoms with Gasteiger partial charge in [0, 0.05) is 12.5 Å². The Balaban J connectivity index is 2.38. The van der Waals surface area contributed by atoms with Crippen LogP contribution in [0.5, 0.6) is 0 Å². The number of nitrogens with two attached hydrogens (primary N) is 1. The van der Waals surface area contributed by atoms with Gasteiger partial charge in [0.05, 0.1) is 0 Å². The fraction of sp³-hybridized carbons (Fsp3) is 0.875. The molecule has 1 aliphatic rings. The molecule has 3 N–H and O–H groups in total. The molecular weight excluding hydrogens is 142 g/mol. The molecule has 1 rings (SSSR count). The minimum Gasteiger partial charge on any atom is -0.481 e. The summed E-state index contributed by atoms with van der Waals surface area (Å²) in [6.45, 7) is 1.89. The predicted molar refractivity (Wildman–Crippen MR) is 42.1 cm³/mol. The van der Waals surface area contributed by atoms with E-state index >= 15 is 0 Å². The smallest absolute Gasteiger partial charge is 0.303 e. The average Bonchev–Trinajstić information content (AvgIpc) is 2.63. The fourth-order valence-corrected chi connectivity index (χ4v) is 1.51. The second-order valence-corrected chi connectivity index (χ2v) is 3.46. The molecule has 3 heteroatoms. The van der Waals surface area contributed by atoms with Crippen LogP contribution in [0.2, 0.25) is 0 Å².